The van der Waals surface area contributed by atoms with Gasteiger partial charge < -0.3 is 9.88 Å². The average Bonchev–Trinajstić information content (AvgIpc) is 2.69. The van der Waals surface area contributed by atoms with Crippen molar-refractivity contribution in [2.24, 2.45) is 7.05 Å². The van der Waals surface area contributed by atoms with Crippen molar-refractivity contribution in [1.29, 1.82) is 0 Å². The smallest absolute Gasteiger partial charge is 0.233 e. The van der Waals surface area contributed by atoms with Gasteiger partial charge in [-0.05, 0) is 13.3 Å². The summed E-state index contributed by atoms with van der Waals surface area (Å²) in [5.74, 6) is 0.833. The zero-order valence-corrected chi connectivity index (χ0v) is 10.0. The Morgan fingerprint density at radius 3 is 2.94 bits per heavy atom. The summed E-state index contributed by atoms with van der Waals surface area (Å²) in [6.45, 7) is 5.00. The molecule has 0 saturated heterocycles. The lowest BCUT2D eigenvalue weighted by Crippen LogP contribution is -2.35. The third kappa shape index (κ3) is 3.62. The van der Waals surface area contributed by atoms with Crippen molar-refractivity contribution in [2.45, 2.75) is 26.3 Å². The van der Waals surface area contributed by atoms with Crippen LogP contribution in [0.25, 0.3) is 0 Å². The van der Waals surface area contributed by atoms with Crippen LogP contribution in [0.2, 0.25) is 0 Å². The fourth-order valence-corrected chi connectivity index (χ4v) is 1.35. The zero-order valence-electron chi connectivity index (χ0n) is 10.0. The molecule has 6 nitrogen and oxygen atoms in total. The second kappa shape index (κ2) is 6.22. The fourth-order valence-electron chi connectivity index (χ4n) is 1.35. The standard InChI is InChI=1S/C10H19N5O/c1-4-5-11-9(16)6-12-8(2)10-14-13-7-15(10)3/h7-8,12H,4-6H2,1-3H3,(H,11,16). The van der Waals surface area contributed by atoms with Gasteiger partial charge in [0.1, 0.15) is 12.2 Å². The van der Waals surface area contributed by atoms with Crippen LogP contribution in [0.5, 0.6) is 0 Å². The summed E-state index contributed by atoms with van der Waals surface area (Å²) in [7, 11) is 1.88. The minimum absolute atomic E-state index is 0.0101. The normalized spacial score (nSPS) is 12.4. The molecule has 1 aromatic rings. The molecule has 0 radical (unpaired) electrons. The van der Waals surface area contributed by atoms with E-state index in [-0.39, 0.29) is 11.9 Å². The van der Waals surface area contributed by atoms with E-state index in [1.165, 1.54) is 0 Å². The first-order valence-electron chi connectivity index (χ1n) is 5.49. The highest BCUT2D eigenvalue weighted by Gasteiger charge is 2.11. The Kier molecular flexibility index (Phi) is 4.91. The van der Waals surface area contributed by atoms with Gasteiger partial charge >= 0.3 is 0 Å². The van der Waals surface area contributed by atoms with Crippen LogP contribution < -0.4 is 10.6 Å². The molecule has 6 heteroatoms. The van der Waals surface area contributed by atoms with Crippen LogP contribution in [0.4, 0.5) is 0 Å². The van der Waals surface area contributed by atoms with E-state index in [9.17, 15) is 4.79 Å². The van der Waals surface area contributed by atoms with E-state index in [1.54, 1.807) is 6.33 Å². The molecule has 0 aliphatic carbocycles. The molecule has 1 unspecified atom stereocenters. The van der Waals surface area contributed by atoms with Crippen LogP contribution in [0.15, 0.2) is 6.33 Å². The van der Waals surface area contributed by atoms with E-state index in [4.69, 9.17) is 0 Å². The second-order valence-electron chi connectivity index (χ2n) is 3.75. The van der Waals surface area contributed by atoms with E-state index >= 15 is 0 Å². The quantitative estimate of drug-likeness (QED) is 0.714. The first-order chi connectivity index (χ1) is 7.65. The summed E-state index contributed by atoms with van der Waals surface area (Å²) >= 11 is 0. The van der Waals surface area contributed by atoms with Crippen LogP contribution in [0.1, 0.15) is 32.1 Å². The molecular weight excluding hydrogens is 206 g/mol. The summed E-state index contributed by atoms with van der Waals surface area (Å²) < 4.78 is 1.83. The Hall–Kier alpha value is -1.43. The Morgan fingerprint density at radius 2 is 2.38 bits per heavy atom. The van der Waals surface area contributed by atoms with Crippen LogP contribution in [0.3, 0.4) is 0 Å². The van der Waals surface area contributed by atoms with E-state index in [0.29, 0.717) is 6.54 Å². The molecule has 0 aliphatic heterocycles. The van der Waals surface area contributed by atoms with Crippen molar-refractivity contribution in [1.82, 2.24) is 25.4 Å². The Morgan fingerprint density at radius 1 is 1.62 bits per heavy atom. The third-order valence-corrected chi connectivity index (χ3v) is 2.27. The van der Waals surface area contributed by atoms with Gasteiger partial charge in [-0.3, -0.25) is 10.1 Å². The summed E-state index contributed by atoms with van der Waals surface area (Å²) in [4.78, 5) is 11.3. The molecule has 90 valence electrons. The maximum Gasteiger partial charge on any atom is 0.233 e. The molecule has 0 saturated carbocycles. The zero-order chi connectivity index (χ0) is 12.0. The van der Waals surface area contributed by atoms with E-state index in [1.807, 2.05) is 25.5 Å². The van der Waals surface area contributed by atoms with E-state index in [0.717, 1.165) is 18.8 Å². The number of nitrogens with one attached hydrogen (secondary N) is 2. The van der Waals surface area contributed by atoms with E-state index in [2.05, 4.69) is 20.8 Å². The number of nitrogens with zero attached hydrogens (tertiary/aromatic N) is 3. The Labute approximate surface area is 95.4 Å². The molecule has 16 heavy (non-hydrogen) atoms. The fraction of sp³-hybridized carbons (Fsp3) is 0.700. The van der Waals surface area contributed by atoms with Gasteiger partial charge in [0.15, 0.2) is 0 Å². The van der Waals surface area contributed by atoms with Crippen LogP contribution in [0, 0.1) is 0 Å². The number of aromatic nitrogens is 3. The minimum Gasteiger partial charge on any atom is -0.355 e. The van der Waals surface area contributed by atoms with Crippen LogP contribution in [-0.2, 0) is 11.8 Å². The van der Waals surface area contributed by atoms with Crippen LogP contribution in [-0.4, -0.2) is 33.8 Å². The number of aryl methyl sites for hydroxylation is 1. The van der Waals surface area contributed by atoms with Gasteiger partial charge in [-0.1, -0.05) is 6.92 Å². The number of hydrogen-bond acceptors (Lipinski definition) is 4. The van der Waals surface area contributed by atoms with Crippen molar-refractivity contribution >= 4 is 5.91 Å². The van der Waals surface area contributed by atoms with E-state index < -0.39 is 0 Å². The molecule has 0 bridgehead atoms. The SMILES string of the molecule is CCCNC(=O)CNC(C)c1nncn1C. The molecular formula is C10H19N5O. The molecule has 1 aromatic heterocycles. The largest absolute Gasteiger partial charge is 0.355 e. The number of carbonyl (C=O) groups is 1. The molecule has 0 aliphatic rings. The highest BCUT2D eigenvalue weighted by Crippen LogP contribution is 2.05. The molecule has 2 N–H and O–H groups in total. The summed E-state index contributed by atoms with van der Waals surface area (Å²) in [6, 6.07) is 0.0138. The van der Waals surface area contributed by atoms with Gasteiger partial charge in [0.2, 0.25) is 5.91 Å². The first kappa shape index (κ1) is 12.6. The molecule has 0 fully saturated rings. The van der Waals surface area contributed by atoms with Crippen molar-refractivity contribution in [3.63, 3.8) is 0 Å². The third-order valence-electron chi connectivity index (χ3n) is 2.27. The molecule has 1 atom stereocenters. The Bertz CT molecular complexity index is 336. The maximum atomic E-state index is 11.3. The number of carbonyl (C=O) groups excluding carboxylic acids is 1. The van der Waals surface area contributed by atoms with Gasteiger partial charge in [-0.25, -0.2) is 0 Å². The highest BCUT2D eigenvalue weighted by molar-refractivity contribution is 5.77. The lowest BCUT2D eigenvalue weighted by Gasteiger charge is -2.12. The topological polar surface area (TPSA) is 71.8 Å². The number of hydrogen-bond donors (Lipinski definition) is 2. The van der Waals surface area contributed by atoms with Crippen molar-refractivity contribution in [3.8, 4) is 0 Å². The van der Waals surface area contributed by atoms with Crippen LogP contribution >= 0.6 is 0 Å². The van der Waals surface area contributed by atoms with Gasteiger partial charge in [0, 0.05) is 13.6 Å². The predicted octanol–water partition coefficient (Wildman–Crippen LogP) is -0.00810. The van der Waals surface area contributed by atoms with Gasteiger partial charge in [-0.2, -0.15) is 0 Å². The second-order valence-corrected chi connectivity index (χ2v) is 3.75. The van der Waals surface area contributed by atoms with Gasteiger partial charge in [0.25, 0.3) is 0 Å². The molecule has 1 heterocycles. The lowest BCUT2D eigenvalue weighted by atomic mass is 10.3. The van der Waals surface area contributed by atoms with Crippen molar-refractivity contribution < 1.29 is 4.79 Å². The first-order valence-corrected chi connectivity index (χ1v) is 5.49. The predicted molar refractivity (Wildman–Crippen MR) is 60.7 cm³/mol. The lowest BCUT2D eigenvalue weighted by molar-refractivity contribution is -0.120. The maximum absolute atomic E-state index is 11.3. The highest BCUT2D eigenvalue weighted by atomic mass is 16.1. The minimum atomic E-state index is 0.0101. The summed E-state index contributed by atoms with van der Waals surface area (Å²) in [5.41, 5.74) is 0. The molecule has 1 amide bonds. The number of amides is 1. The van der Waals surface area contributed by atoms with Gasteiger partial charge in [0.05, 0.1) is 12.6 Å². The summed E-state index contributed by atoms with van der Waals surface area (Å²) in [6.07, 6.45) is 2.59. The molecule has 0 spiro atoms. The van der Waals surface area contributed by atoms with Crippen molar-refractivity contribution in [2.75, 3.05) is 13.1 Å². The Balaban J connectivity index is 2.33. The average molecular weight is 225 g/mol. The van der Waals surface area contributed by atoms with Gasteiger partial charge in [-0.15, -0.1) is 10.2 Å². The molecule has 1 rings (SSSR count). The van der Waals surface area contributed by atoms with Crippen molar-refractivity contribution in [3.05, 3.63) is 12.2 Å². The monoisotopic (exact) mass is 225 g/mol. The molecule has 0 aromatic carbocycles. The number of rotatable bonds is 6. The summed E-state index contributed by atoms with van der Waals surface area (Å²) in [5, 5.41) is 13.7.